The summed E-state index contributed by atoms with van der Waals surface area (Å²) in [6.45, 7) is 24.3. The smallest absolute Gasteiger partial charge is 0.508 e. The number of phenols is 2. The van der Waals surface area contributed by atoms with E-state index < -0.39 is 9.85 Å². The second kappa shape index (κ2) is 31.9. The molecule has 0 aliphatic heterocycles. The van der Waals surface area contributed by atoms with E-state index in [2.05, 4.69) is 47.6 Å². The standard InChI is InChI=1S/C10H14N2O2.C10H13NO3.C10H15NO.C10H15N.CH2O2.2CH3.HNO2.H3N.Na.Pd/c1-10(2,3)8-5-4-7(12(13)14)6-9(8)11;1-10(2,3)8-5-4-7(11(13)14)6-9(8)12;1-10(2,3)8-5-4-7(11)6-9(8)12;1-10(2,3)8-6-4-5-7-9(8)11;2-1-3;;;2-1-3;;;/h4-6H,11H2,1-3H3;4-6,12H,1-3H3;4-6,12H,11H2,1-3H3;4-7H,11H2,1-3H3;1H,(H,2,3);2*1H3;(H,2,3);1H3;;/q;;;;;2*-1;;;+1;/p-1. The summed E-state index contributed by atoms with van der Waals surface area (Å²) in [7, 11) is 0. The molecule has 0 bridgehead atoms. The molecule has 0 saturated carbocycles. The molecule has 0 heterocycles. The Morgan fingerprint density at radius 2 is 0.871 bits per heavy atom. The maximum absolute atomic E-state index is 10.5. The van der Waals surface area contributed by atoms with Gasteiger partial charge < -0.3 is 63.6 Å². The van der Waals surface area contributed by atoms with E-state index in [0.29, 0.717) is 16.9 Å². The molecule has 0 atom stereocenters. The number of carboxylic acid groups (broad SMARTS) is 1. The van der Waals surface area contributed by atoms with Crippen LogP contribution in [0.25, 0.3) is 0 Å². The summed E-state index contributed by atoms with van der Waals surface area (Å²) >= 11 is 0. The number of rotatable bonds is 2. The van der Waals surface area contributed by atoms with Crippen molar-refractivity contribution in [3.05, 3.63) is 146 Å². The van der Waals surface area contributed by atoms with Crippen LogP contribution in [-0.2, 0) is 46.9 Å². The number of aromatic hydroxyl groups is 2. The van der Waals surface area contributed by atoms with Crippen molar-refractivity contribution in [3.63, 3.8) is 0 Å². The summed E-state index contributed by atoms with van der Waals surface area (Å²) in [6, 6.07) is 22.0. The molecular formula is C43H68N7NaO10Pd-2. The van der Waals surface area contributed by atoms with E-state index in [1.54, 1.807) is 24.3 Å². The molecule has 0 saturated heterocycles. The summed E-state index contributed by atoms with van der Waals surface area (Å²) in [4.78, 5) is 36.3. The molecule has 0 aromatic heterocycles. The number of hydrogen-bond donors (Lipinski definition) is 7. The molecule has 0 fully saturated rings. The first kappa shape index (κ1) is 71.7. The maximum atomic E-state index is 10.5. The van der Waals surface area contributed by atoms with Crippen LogP contribution >= 0.6 is 0 Å². The van der Waals surface area contributed by atoms with Crippen LogP contribution in [0.3, 0.4) is 0 Å². The predicted molar refractivity (Wildman–Crippen MR) is 246 cm³/mol. The van der Waals surface area contributed by atoms with Crippen molar-refractivity contribution in [2.75, 3.05) is 17.2 Å². The largest absolute Gasteiger partial charge is 1.00 e. The van der Waals surface area contributed by atoms with Crippen LogP contribution in [0.4, 0.5) is 28.4 Å². The van der Waals surface area contributed by atoms with E-state index in [-0.39, 0.29) is 122 Å². The first-order chi connectivity index (χ1) is 25.9. The number of nitrogens with two attached hydrogens (primary N) is 3. The number of nitrogen functional groups attached to an aromatic ring is 3. The fourth-order valence-electron chi connectivity index (χ4n) is 4.98. The van der Waals surface area contributed by atoms with Crippen molar-refractivity contribution in [1.29, 1.82) is 0 Å². The van der Waals surface area contributed by atoms with Gasteiger partial charge in [0.1, 0.15) is 11.5 Å². The van der Waals surface area contributed by atoms with Gasteiger partial charge in [0.2, 0.25) is 0 Å². The van der Waals surface area contributed by atoms with E-state index >= 15 is 0 Å². The van der Waals surface area contributed by atoms with E-state index in [0.717, 1.165) is 22.2 Å². The van der Waals surface area contributed by atoms with Gasteiger partial charge in [-0.1, -0.05) is 107 Å². The van der Waals surface area contributed by atoms with Gasteiger partial charge in [-0.2, -0.15) is 0 Å². The monoisotopic (exact) mass is 971 g/mol. The zero-order chi connectivity index (χ0) is 45.1. The summed E-state index contributed by atoms with van der Waals surface area (Å²) < 4.78 is 0. The van der Waals surface area contributed by atoms with Crippen LogP contribution in [0.5, 0.6) is 11.5 Å². The summed E-state index contributed by atoms with van der Waals surface area (Å²) in [5.74, 6) is 0.259. The van der Waals surface area contributed by atoms with Crippen molar-refractivity contribution >= 4 is 34.9 Å². The molecule has 4 aromatic rings. The Kier molecular flexibility index (Phi) is 36.9. The normalized spacial score (nSPS) is 9.81. The number of non-ortho nitro benzene ring substituents is 2. The number of nitrogens with zero attached hydrogens (tertiary/aromatic N) is 3. The fourth-order valence-corrected chi connectivity index (χ4v) is 4.98. The van der Waals surface area contributed by atoms with Gasteiger partial charge in [0.25, 0.3) is 17.8 Å². The van der Waals surface area contributed by atoms with Gasteiger partial charge in [0, 0.05) is 61.8 Å². The minimum atomic E-state index is -0.522. The number of benzene rings is 4. The van der Waals surface area contributed by atoms with Crippen molar-refractivity contribution in [1.82, 2.24) is 6.15 Å². The molecule has 62 heavy (non-hydrogen) atoms. The minimum absolute atomic E-state index is 0. The Labute approximate surface area is 403 Å². The van der Waals surface area contributed by atoms with Crippen molar-refractivity contribution in [2.45, 2.75) is 105 Å². The average Bonchev–Trinajstić information content (AvgIpc) is 3.04. The summed E-state index contributed by atoms with van der Waals surface area (Å²) in [5, 5.41) is 55.9. The third-order valence-electron chi connectivity index (χ3n) is 7.65. The Bertz CT molecular complexity index is 1850. The van der Waals surface area contributed by atoms with Gasteiger partial charge in [0.15, 0.2) is 0 Å². The summed E-state index contributed by atoms with van der Waals surface area (Å²) in [6.07, 6.45) is 0. The molecule has 4 aromatic carbocycles. The van der Waals surface area contributed by atoms with E-state index in [1.807, 2.05) is 65.8 Å². The molecule has 0 unspecified atom stereocenters. The van der Waals surface area contributed by atoms with Gasteiger partial charge in [-0.3, -0.25) is 25.0 Å². The molecule has 0 radical (unpaired) electrons. The van der Waals surface area contributed by atoms with E-state index in [4.69, 9.17) is 37.2 Å². The van der Waals surface area contributed by atoms with Crippen LogP contribution in [0.2, 0.25) is 0 Å². The van der Waals surface area contributed by atoms with Gasteiger partial charge >= 0.3 is 29.6 Å². The molecule has 4 rings (SSSR count). The quantitative estimate of drug-likeness (QED) is 0.0191. The SMILES string of the molecule is CC(C)(C)c1ccc(N)cc1O.CC(C)(C)c1ccc([N+](=O)[O-])cc1N.CC(C)(C)c1ccc([N+](=O)[O-])cc1O.CC(C)(C)c1ccccc1N.N.O=CO.O=N[O-].[CH3-].[CH3-].[Na+].[Pd]. The number of carbonyl (C=O) groups is 1. The molecule has 0 spiro atoms. The van der Waals surface area contributed by atoms with E-state index in [9.17, 15) is 30.4 Å². The zero-order valence-electron chi connectivity index (χ0n) is 38.9. The Balaban J connectivity index is -0.000000122. The summed E-state index contributed by atoms with van der Waals surface area (Å²) in [5.41, 5.74) is 22.6. The number of para-hydroxylation sites is 1. The van der Waals surface area contributed by atoms with Crippen LogP contribution in [0.15, 0.2) is 84.2 Å². The molecule has 0 amide bonds. The minimum Gasteiger partial charge on any atom is -0.508 e. The van der Waals surface area contributed by atoms with Crippen LogP contribution < -0.4 is 52.9 Å². The Morgan fingerprint density at radius 3 is 1.15 bits per heavy atom. The fraction of sp³-hybridized carbons (Fsp3) is 0.372. The molecule has 0 aliphatic carbocycles. The van der Waals surface area contributed by atoms with Crippen LogP contribution in [-0.4, -0.2) is 31.6 Å². The van der Waals surface area contributed by atoms with Gasteiger partial charge in [-0.15, -0.1) is 5.34 Å². The maximum Gasteiger partial charge on any atom is 1.00 e. The van der Waals surface area contributed by atoms with Crippen LogP contribution in [0, 0.1) is 45.2 Å². The molecular weight excluding hydrogens is 904 g/mol. The first-order valence-corrected chi connectivity index (χ1v) is 17.4. The van der Waals surface area contributed by atoms with Crippen LogP contribution in [0.1, 0.15) is 105 Å². The van der Waals surface area contributed by atoms with Crippen molar-refractivity contribution in [3.8, 4) is 11.5 Å². The number of nitro groups is 2. The third kappa shape index (κ3) is 27.2. The molecule has 19 heteroatoms. The van der Waals surface area contributed by atoms with Gasteiger partial charge in [0.05, 0.1) is 15.9 Å². The number of phenolic OH excluding ortho intramolecular Hbond substituents is 2. The predicted octanol–water partition coefficient (Wildman–Crippen LogP) is 7.93. The van der Waals surface area contributed by atoms with E-state index in [1.165, 1.54) is 29.8 Å². The topological polar surface area (TPSA) is 330 Å². The Hall–Kier alpha value is -4.83. The molecule has 17 nitrogen and oxygen atoms in total. The second-order valence-electron chi connectivity index (χ2n) is 16.5. The second-order valence-corrected chi connectivity index (χ2v) is 16.5. The first-order valence-electron chi connectivity index (χ1n) is 17.4. The molecule has 348 valence electrons. The number of anilines is 3. The average molecular weight is 972 g/mol. The zero-order valence-corrected chi connectivity index (χ0v) is 42.4. The Morgan fingerprint density at radius 1 is 0.581 bits per heavy atom. The molecule has 12 N–H and O–H groups in total. The van der Waals surface area contributed by atoms with Crippen molar-refractivity contribution in [2.24, 2.45) is 5.34 Å². The van der Waals surface area contributed by atoms with Gasteiger partial charge in [-0.25, -0.2) is 0 Å². The molecule has 0 aliphatic rings. The van der Waals surface area contributed by atoms with Gasteiger partial charge in [-0.05, 0) is 68.2 Å². The number of nitro benzene ring substituents is 2. The van der Waals surface area contributed by atoms with Crippen molar-refractivity contribution < 1.29 is 79.9 Å². The third-order valence-corrected chi connectivity index (χ3v) is 7.65. The number of hydrogen-bond acceptors (Lipinski definition) is 14.